The van der Waals surface area contributed by atoms with Gasteiger partial charge in [0.2, 0.25) is 0 Å². The molecule has 3 aromatic rings. The number of anilines is 1. The number of nitrogens with zero attached hydrogens (tertiary/aromatic N) is 2. The Morgan fingerprint density at radius 3 is 2.50 bits per heavy atom. The van der Waals surface area contributed by atoms with E-state index in [0.29, 0.717) is 11.5 Å². The van der Waals surface area contributed by atoms with Gasteiger partial charge in [-0.05, 0) is 91.7 Å². The summed E-state index contributed by atoms with van der Waals surface area (Å²) in [5.74, 6) is 7.16. The van der Waals surface area contributed by atoms with Gasteiger partial charge in [-0.2, -0.15) is 0 Å². The van der Waals surface area contributed by atoms with Crippen LogP contribution in [0.3, 0.4) is 0 Å². The van der Waals surface area contributed by atoms with E-state index in [2.05, 4.69) is 76.6 Å². The molecule has 3 aromatic carbocycles. The smallest absolute Gasteiger partial charge is 0.255 e. The standard InChI is InChI=1S/C35H40N4O.H2/c1-25-9-10-29(21-28(25)13-14-30(23-36-3)33-8-6-5-7-26(33)2)35(40)37-32-16-15-31(34(22-32)27-11-12-27)24-39-19-17-38(4)18-20-39;/h5-10,15-16,21-23,27,36H,11-12,17-20,24H2,1-4H3,(H,37,40);1H/b30-23-;. The van der Waals surface area contributed by atoms with E-state index in [9.17, 15) is 4.79 Å². The maximum atomic E-state index is 13.3. The molecule has 0 bridgehead atoms. The SMILES string of the molecule is CN/C=C(/C#Cc1cc(C(=O)Nc2ccc(CN3CCN(C)CC3)c(C3CC3)c2)ccc1C)c1ccccc1C.[HH]. The van der Waals surface area contributed by atoms with E-state index in [-0.39, 0.29) is 7.33 Å². The number of hydrogen-bond acceptors (Lipinski definition) is 4. The summed E-state index contributed by atoms with van der Waals surface area (Å²) in [7, 11) is 4.07. The normalized spacial score (nSPS) is 16.2. The highest BCUT2D eigenvalue weighted by Gasteiger charge is 2.27. The molecule has 1 amide bonds. The lowest BCUT2D eigenvalue weighted by molar-refractivity contribution is 0.102. The van der Waals surface area contributed by atoms with Crippen LogP contribution in [0.4, 0.5) is 5.69 Å². The number of allylic oxidation sites excluding steroid dienone is 1. The summed E-state index contributed by atoms with van der Waals surface area (Å²) in [4.78, 5) is 18.3. The van der Waals surface area contributed by atoms with Crippen LogP contribution in [0, 0.1) is 25.7 Å². The number of piperazine rings is 1. The molecule has 2 N–H and O–H groups in total. The third kappa shape index (κ3) is 6.83. The lowest BCUT2D eigenvalue weighted by Crippen LogP contribution is -2.44. The monoisotopic (exact) mass is 534 g/mol. The van der Waals surface area contributed by atoms with Gasteiger partial charge in [-0.15, -0.1) is 0 Å². The van der Waals surface area contributed by atoms with Gasteiger partial charge in [0.05, 0.1) is 0 Å². The molecule has 0 atom stereocenters. The quantitative estimate of drug-likeness (QED) is 0.363. The number of nitrogens with one attached hydrogen (secondary N) is 2. The van der Waals surface area contributed by atoms with E-state index in [1.54, 1.807) is 0 Å². The van der Waals surface area contributed by atoms with Crippen molar-refractivity contribution in [3.05, 3.63) is 106 Å². The van der Waals surface area contributed by atoms with Crippen LogP contribution < -0.4 is 10.6 Å². The Morgan fingerprint density at radius 2 is 1.77 bits per heavy atom. The second-order valence-electron chi connectivity index (χ2n) is 11.2. The molecule has 1 aliphatic heterocycles. The van der Waals surface area contributed by atoms with Crippen LogP contribution in [0.2, 0.25) is 0 Å². The minimum atomic E-state index is -0.110. The molecule has 5 heteroatoms. The molecular weight excluding hydrogens is 492 g/mol. The highest BCUT2D eigenvalue weighted by Crippen LogP contribution is 2.43. The molecule has 0 spiro atoms. The molecule has 208 valence electrons. The highest BCUT2D eigenvalue weighted by atomic mass is 16.1. The number of likely N-dealkylation sites (N-methyl/N-ethyl adjacent to an activating group) is 1. The van der Waals surface area contributed by atoms with Crippen molar-refractivity contribution in [1.82, 2.24) is 15.1 Å². The molecule has 0 aromatic heterocycles. The lowest BCUT2D eigenvalue weighted by atomic mass is 10.00. The first-order valence-corrected chi connectivity index (χ1v) is 14.3. The van der Waals surface area contributed by atoms with Crippen LogP contribution in [-0.4, -0.2) is 56.0 Å². The number of benzene rings is 3. The fourth-order valence-electron chi connectivity index (χ4n) is 5.27. The largest absolute Gasteiger partial charge is 0.393 e. The minimum absolute atomic E-state index is 0. The zero-order valence-electron chi connectivity index (χ0n) is 24.2. The van der Waals surface area contributed by atoms with Crippen LogP contribution in [0.5, 0.6) is 0 Å². The highest BCUT2D eigenvalue weighted by molar-refractivity contribution is 6.04. The lowest BCUT2D eigenvalue weighted by Gasteiger charge is -2.32. The Hall–Kier alpha value is -3.85. The van der Waals surface area contributed by atoms with Crippen molar-refractivity contribution in [3.63, 3.8) is 0 Å². The summed E-state index contributed by atoms with van der Waals surface area (Å²) >= 11 is 0. The van der Waals surface area contributed by atoms with E-state index in [1.165, 1.54) is 29.5 Å². The van der Waals surface area contributed by atoms with Gasteiger partial charge >= 0.3 is 0 Å². The first-order valence-electron chi connectivity index (χ1n) is 14.3. The van der Waals surface area contributed by atoms with Gasteiger partial charge in [0, 0.05) is 69.8 Å². The van der Waals surface area contributed by atoms with Crippen molar-refractivity contribution in [1.29, 1.82) is 0 Å². The second-order valence-corrected chi connectivity index (χ2v) is 11.2. The first kappa shape index (κ1) is 27.7. The molecule has 1 saturated heterocycles. The van der Waals surface area contributed by atoms with E-state index < -0.39 is 0 Å². The molecule has 2 fully saturated rings. The average Bonchev–Trinajstić information content (AvgIpc) is 3.80. The molecular formula is C35H42N4O. The van der Waals surface area contributed by atoms with E-state index in [1.807, 2.05) is 50.5 Å². The van der Waals surface area contributed by atoms with Gasteiger partial charge in [-0.25, -0.2) is 0 Å². The van der Waals surface area contributed by atoms with Crippen molar-refractivity contribution in [3.8, 4) is 11.8 Å². The number of carbonyl (C=O) groups excluding carboxylic acids is 1. The molecule has 0 radical (unpaired) electrons. The maximum Gasteiger partial charge on any atom is 0.255 e. The first-order chi connectivity index (χ1) is 19.4. The zero-order valence-corrected chi connectivity index (χ0v) is 24.2. The van der Waals surface area contributed by atoms with Crippen LogP contribution in [-0.2, 0) is 6.54 Å². The van der Waals surface area contributed by atoms with Crippen molar-refractivity contribution in [2.45, 2.75) is 39.2 Å². The molecule has 5 rings (SSSR count). The molecule has 5 nitrogen and oxygen atoms in total. The Morgan fingerprint density at radius 1 is 1.00 bits per heavy atom. The second kappa shape index (κ2) is 12.6. The summed E-state index contributed by atoms with van der Waals surface area (Å²) in [6, 6.07) is 20.5. The number of rotatable bonds is 7. The predicted octanol–water partition coefficient (Wildman–Crippen LogP) is 6.04. The van der Waals surface area contributed by atoms with Crippen molar-refractivity contribution in [2.75, 3.05) is 45.6 Å². The summed E-state index contributed by atoms with van der Waals surface area (Å²) in [6.07, 6.45) is 4.39. The maximum absolute atomic E-state index is 13.3. The molecule has 0 unspecified atom stereocenters. The van der Waals surface area contributed by atoms with Crippen molar-refractivity contribution < 1.29 is 6.22 Å². The summed E-state index contributed by atoms with van der Waals surface area (Å²) in [5, 5.41) is 6.27. The number of carbonyl (C=O) groups is 1. The van der Waals surface area contributed by atoms with Gasteiger partial charge < -0.3 is 15.5 Å². The number of aryl methyl sites for hydroxylation is 2. The molecule has 1 heterocycles. The Bertz CT molecular complexity index is 1470. The van der Waals surface area contributed by atoms with Gasteiger partial charge in [-0.1, -0.05) is 48.2 Å². The van der Waals surface area contributed by atoms with Gasteiger partial charge in [0.15, 0.2) is 0 Å². The summed E-state index contributed by atoms with van der Waals surface area (Å²) in [6.45, 7) is 9.56. The predicted molar refractivity (Wildman–Crippen MR) is 168 cm³/mol. The van der Waals surface area contributed by atoms with Gasteiger partial charge in [-0.3, -0.25) is 9.69 Å². The zero-order chi connectivity index (χ0) is 28.1. The minimum Gasteiger partial charge on any atom is -0.393 e. The Labute approximate surface area is 240 Å². The van der Waals surface area contributed by atoms with Crippen LogP contribution in [0.1, 0.15) is 63.9 Å². The fraction of sp³-hybridized carbons (Fsp3) is 0.343. The van der Waals surface area contributed by atoms with E-state index in [4.69, 9.17) is 0 Å². The molecule has 1 aliphatic carbocycles. The van der Waals surface area contributed by atoms with Crippen LogP contribution >= 0.6 is 0 Å². The Kier molecular flexibility index (Phi) is 8.69. The number of amides is 1. The topological polar surface area (TPSA) is 47.6 Å². The summed E-state index contributed by atoms with van der Waals surface area (Å²) in [5.41, 5.74) is 9.34. The molecule has 2 aliphatic rings. The van der Waals surface area contributed by atoms with E-state index in [0.717, 1.165) is 60.7 Å². The fourth-order valence-corrected chi connectivity index (χ4v) is 5.27. The number of hydrogen-bond donors (Lipinski definition) is 2. The third-order valence-electron chi connectivity index (χ3n) is 7.97. The van der Waals surface area contributed by atoms with E-state index >= 15 is 0 Å². The molecule has 40 heavy (non-hydrogen) atoms. The molecule has 1 saturated carbocycles. The van der Waals surface area contributed by atoms with Gasteiger partial charge in [0.25, 0.3) is 5.91 Å². The van der Waals surface area contributed by atoms with Gasteiger partial charge in [0.1, 0.15) is 0 Å². The average molecular weight is 535 g/mol. The third-order valence-corrected chi connectivity index (χ3v) is 7.97. The Balaban J connectivity index is 0.00000387. The van der Waals surface area contributed by atoms with Crippen LogP contribution in [0.15, 0.2) is 66.9 Å². The van der Waals surface area contributed by atoms with Crippen molar-refractivity contribution >= 4 is 17.2 Å². The summed E-state index contributed by atoms with van der Waals surface area (Å²) < 4.78 is 0. The van der Waals surface area contributed by atoms with Crippen molar-refractivity contribution in [2.24, 2.45) is 0 Å². The van der Waals surface area contributed by atoms with Crippen LogP contribution in [0.25, 0.3) is 5.57 Å².